The van der Waals surface area contributed by atoms with Crippen molar-refractivity contribution in [1.29, 1.82) is 0 Å². The fourth-order valence-electron chi connectivity index (χ4n) is 1.02. The highest BCUT2D eigenvalue weighted by Crippen LogP contribution is 2.00. The quantitative estimate of drug-likeness (QED) is 0.545. The first-order valence-corrected chi connectivity index (χ1v) is 6.15. The number of hydrogen-bond donors (Lipinski definition) is 0. The molecule has 1 nitrogen and oxygen atoms in total. The summed E-state index contributed by atoms with van der Waals surface area (Å²) in [4.78, 5) is 0. The first-order chi connectivity index (χ1) is 5.31. The van der Waals surface area contributed by atoms with Crippen molar-refractivity contribution in [2.24, 2.45) is 0 Å². The molecular weight excluding hydrogens is 156 g/mol. The van der Waals surface area contributed by atoms with Crippen molar-refractivity contribution in [3.05, 3.63) is 0 Å². The van der Waals surface area contributed by atoms with Gasteiger partial charge in [-0.2, -0.15) is 0 Å². The average molecular weight is 176 g/mol. The third-order valence-electron chi connectivity index (χ3n) is 1.66. The van der Waals surface area contributed by atoms with Crippen LogP contribution in [0.15, 0.2) is 0 Å². The standard InChI is InChI=1S/C9H20OS/c1-3-5-6-7-9-11(10)8-4-2/h3-9H2,1-2H3. The van der Waals surface area contributed by atoms with Crippen molar-refractivity contribution in [2.75, 3.05) is 11.5 Å². The maximum atomic E-state index is 11.1. The van der Waals surface area contributed by atoms with Gasteiger partial charge in [0.2, 0.25) is 0 Å². The predicted octanol–water partition coefficient (Wildman–Crippen LogP) is 2.73. The highest BCUT2D eigenvalue weighted by Gasteiger charge is 1.96. The molecule has 0 aromatic rings. The summed E-state index contributed by atoms with van der Waals surface area (Å²) in [5, 5.41) is 0. The normalized spacial score (nSPS) is 13.3. The van der Waals surface area contributed by atoms with Crippen molar-refractivity contribution in [3.8, 4) is 0 Å². The number of unbranched alkanes of at least 4 members (excludes halogenated alkanes) is 3. The molecule has 0 radical (unpaired) electrons. The molecule has 0 aromatic carbocycles. The summed E-state index contributed by atoms with van der Waals surface area (Å²) in [7, 11) is -0.524. The molecule has 0 saturated carbocycles. The van der Waals surface area contributed by atoms with Crippen LogP contribution in [0, 0.1) is 0 Å². The van der Waals surface area contributed by atoms with Crippen molar-refractivity contribution in [3.63, 3.8) is 0 Å². The Morgan fingerprint density at radius 3 is 2.18 bits per heavy atom. The third kappa shape index (κ3) is 8.05. The molecule has 0 fully saturated rings. The Hall–Kier alpha value is 0.150. The molecule has 0 aliphatic rings. The second-order valence-corrected chi connectivity index (χ2v) is 4.60. The third-order valence-corrected chi connectivity index (χ3v) is 3.26. The summed E-state index contributed by atoms with van der Waals surface area (Å²) in [5.74, 6) is 1.82. The van der Waals surface area contributed by atoms with E-state index in [1.165, 1.54) is 19.3 Å². The van der Waals surface area contributed by atoms with E-state index in [0.717, 1.165) is 24.3 Å². The Balaban J connectivity index is 3.04. The van der Waals surface area contributed by atoms with Gasteiger partial charge in [-0.25, -0.2) is 0 Å². The maximum absolute atomic E-state index is 11.1. The molecule has 2 heteroatoms. The van der Waals surface area contributed by atoms with Gasteiger partial charge >= 0.3 is 0 Å². The fourth-order valence-corrected chi connectivity index (χ4v) is 2.21. The molecule has 0 N–H and O–H groups in total. The van der Waals surface area contributed by atoms with Crippen LogP contribution in [-0.4, -0.2) is 15.7 Å². The second-order valence-electron chi connectivity index (χ2n) is 2.91. The van der Waals surface area contributed by atoms with E-state index in [4.69, 9.17) is 0 Å². The highest BCUT2D eigenvalue weighted by atomic mass is 32.2. The van der Waals surface area contributed by atoms with E-state index in [-0.39, 0.29) is 0 Å². The van der Waals surface area contributed by atoms with Crippen LogP contribution in [-0.2, 0) is 10.8 Å². The lowest BCUT2D eigenvalue weighted by atomic mass is 10.2. The average Bonchev–Trinajstić information content (AvgIpc) is 1.99. The van der Waals surface area contributed by atoms with E-state index in [1.54, 1.807) is 0 Å². The van der Waals surface area contributed by atoms with Gasteiger partial charge in [0.1, 0.15) is 0 Å². The maximum Gasteiger partial charge on any atom is 0.0234 e. The predicted molar refractivity (Wildman–Crippen MR) is 52.3 cm³/mol. The van der Waals surface area contributed by atoms with Gasteiger partial charge in [0.25, 0.3) is 0 Å². The summed E-state index contributed by atoms with van der Waals surface area (Å²) >= 11 is 0. The van der Waals surface area contributed by atoms with Crippen molar-refractivity contribution < 1.29 is 4.21 Å². The minimum atomic E-state index is -0.524. The molecule has 1 atom stereocenters. The monoisotopic (exact) mass is 176 g/mol. The highest BCUT2D eigenvalue weighted by molar-refractivity contribution is 7.84. The van der Waals surface area contributed by atoms with Crippen molar-refractivity contribution >= 4 is 10.8 Å². The van der Waals surface area contributed by atoms with Crippen LogP contribution in [0.4, 0.5) is 0 Å². The van der Waals surface area contributed by atoms with Crippen LogP contribution in [0.2, 0.25) is 0 Å². The Morgan fingerprint density at radius 1 is 0.909 bits per heavy atom. The van der Waals surface area contributed by atoms with Gasteiger partial charge < -0.3 is 0 Å². The minimum Gasteiger partial charge on any atom is -0.260 e. The molecule has 0 heterocycles. The Kier molecular flexibility index (Phi) is 8.36. The smallest absolute Gasteiger partial charge is 0.0234 e. The molecular formula is C9H20OS. The number of rotatable bonds is 7. The zero-order valence-corrected chi connectivity index (χ0v) is 8.58. The van der Waals surface area contributed by atoms with Crippen LogP contribution in [0.1, 0.15) is 46.0 Å². The van der Waals surface area contributed by atoms with E-state index in [2.05, 4.69) is 13.8 Å². The lowest BCUT2D eigenvalue weighted by Crippen LogP contribution is -2.01. The van der Waals surface area contributed by atoms with Gasteiger partial charge in [0, 0.05) is 22.3 Å². The summed E-state index contributed by atoms with van der Waals surface area (Å²) in [6.45, 7) is 4.28. The van der Waals surface area contributed by atoms with Crippen LogP contribution < -0.4 is 0 Å². The molecule has 0 bridgehead atoms. The Labute approximate surface area is 73.0 Å². The lowest BCUT2D eigenvalue weighted by molar-refractivity contribution is 0.667. The Morgan fingerprint density at radius 2 is 1.64 bits per heavy atom. The molecule has 0 aliphatic carbocycles. The van der Waals surface area contributed by atoms with Gasteiger partial charge in [0.15, 0.2) is 0 Å². The molecule has 0 aliphatic heterocycles. The topological polar surface area (TPSA) is 17.1 Å². The van der Waals surface area contributed by atoms with Gasteiger partial charge in [-0.3, -0.25) is 4.21 Å². The molecule has 0 amide bonds. The van der Waals surface area contributed by atoms with E-state index < -0.39 is 10.8 Å². The molecule has 0 saturated heterocycles. The van der Waals surface area contributed by atoms with Gasteiger partial charge in [-0.15, -0.1) is 0 Å². The first kappa shape index (κ1) is 11.2. The van der Waals surface area contributed by atoms with Crippen LogP contribution in [0.25, 0.3) is 0 Å². The van der Waals surface area contributed by atoms with E-state index in [9.17, 15) is 4.21 Å². The van der Waals surface area contributed by atoms with Gasteiger partial charge in [-0.05, 0) is 12.8 Å². The summed E-state index contributed by atoms with van der Waals surface area (Å²) in [6, 6.07) is 0. The van der Waals surface area contributed by atoms with Gasteiger partial charge in [0.05, 0.1) is 0 Å². The molecule has 68 valence electrons. The van der Waals surface area contributed by atoms with Gasteiger partial charge in [-0.1, -0.05) is 33.1 Å². The van der Waals surface area contributed by atoms with Crippen LogP contribution in [0.3, 0.4) is 0 Å². The fraction of sp³-hybridized carbons (Fsp3) is 1.00. The molecule has 11 heavy (non-hydrogen) atoms. The van der Waals surface area contributed by atoms with Crippen LogP contribution in [0.5, 0.6) is 0 Å². The SMILES string of the molecule is CCCCCCS(=O)CCC. The second kappa shape index (κ2) is 8.25. The number of hydrogen-bond acceptors (Lipinski definition) is 1. The zero-order chi connectivity index (χ0) is 8.53. The summed E-state index contributed by atoms with van der Waals surface area (Å²) in [6.07, 6.45) is 6.02. The first-order valence-electron chi connectivity index (χ1n) is 4.66. The minimum absolute atomic E-state index is 0.524. The molecule has 0 spiro atoms. The van der Waals surface area contributed by atoms with E-state index in [1.807, 2.05) is 0 Å². The molecule has 0 rings (SSSR count). The van der Waals surface area contributed by atoms with Crippen molar-refractivity contribution in [2.45, 2.75) is 46.0 Å². The molecule has 1 unspecified atom stereocenters. The summed E-state index contributed by atoms with van der Waals surface area (Å²) < 4.78 is 11.1. The van der Waals surface area contributed by atoms with Crippen LogP contribution >= 0.6 is 0 Å². The zero-order valence-electron chi connectivity index (χ0n) is 7.77. The largest absolute Gasteiger partial charge is 0.260 e. The van der Waals surface area contributed by atoms with Crippen molar-refractivity contribution in [1.82, 2.24) is 0 Å². The lowest BCUT2D eigenvalue weighted by Gasteiger charge is -1.98. The molecule has 0 aromatic heterocycles. The summed E-state index contributed by atoms with van der Waals surface area (Å²) in [5.41, 5.74) is 0. The Bertz CT molecular complexity index is 102. The van der Waals surface area contributed by atoms with E-state index in [0.29, 0.717) is 0 Å². The van der Waals surface area contributed by atoms with E-state index >= 15 is 0 Å².